The number of tetrazole rings is 1. The number of hydrogen-bond donors (Lipinski definition) is 2. The maximum Gasteiger partial charge on any atom is 0.243 e. The molecule has 0 aliphatic carbocycles. The summed E-state index contributed by atoms with van der Waals surface area (Å²) >= 11 is 0. The summed E-state index contributed by atoms with van der Waals surface area (Å²) in [6.45, 7) is 1.73. The van der Waals surface area contributed by atoms with Crippen molar-refractivity contribution in [2.24, 2.45) is 5.73 Å². The lowest BCUT2D eigenvalue weighted by Gasteiger charge is -2.12. The van der Waals surface area contributed by atoms with Crippen LogP contribution in [0.3, 0.4) is 0 Å². The average Bonchev–Trinajstić information content (AvgIpc) is 2.87. The summed E-state index contributed by atoms with van der Waals surface area (Å²) in [6, 6.07) is 3.26. The number of rotatable bonds is 5. The van der Waals surface area contributed by atoms with Crippen molar-refractivity contribution in [1.29, 1.82) is 0 Å². The monoisotopic (exact) mass is 330 g/mol. The molecule has 1 aromatic carbocycles. The van der Waals surface area contributed by atoms with Crippen LogP contribution in [0.2, 0.25) is 0 Å². The zero-order valence-electron chi connectivity index (χ0n) is 12.0. The van der Waals surface area contributed by atoms with Crippen molar-refractivity contribution in [3.63, 3.8) is 0 Å². The predicted octanol–water partition coefficient (Wildman–Crippen LogP) is 0.444. The Morgan fingerprint density at radius 1 is 1.55 bits per heavy atom. The minimum absolute atomic E-state index is 0. The third-order valence-electron chi connectivity index (χ3n) is 2.75. The molecule has 1 aromatic heterocycles. The smallest absolute Gasteiger partial charge is 0.243 e. The van der Waals surface area contributed by atoms with E-state index < -0.39 is 17.8 Å². The molecule has 2 aromatic rings. The van der Waals surface area contributed by atoms with E-state index in [0.29, 0.717) is 11.5 Å². The van der Waals surface area contributed by atoms with Crippen LogP contribution in [0.25, 0.3) is 5.69 Å². The second-order valence-electron chi connectivity index (χ2n) is 4.36. The van der Waals surface area contributed by atoms with E-state index in [-0.39, 0.29) is 24.7 Å². The van der Waals surface area contributed by atoms with Crippen LogP contribution in [-0.2, 0) is 9.53 Å². The van der Waals surface area contributed by atoms with Gasteiger partial charge in [0.2, 0.25) is 5.91 Å². The minimum Gasteiger partial charge on any atom is -0.383 e. The fraction of sp³-hybridized carbons (Fsp3) is 0.333. The summed E-state index contributed by atoms with van der Waals surface area (Å²) < 4.78 is 19.9. The van der Waals surface area contributed by atoms with E-state index in [9.17, 15) is 9.18 Å². The van der Waals surface area contributed by atoms with Gasteiger partial charge in [-0.15, -0.1) is 17.5 Å². The van der Waals surface area contributed by atoms with Crippen molar-refractivity contribution >= 4 is 24.0 Å². The van der Waals surface area contributed by atoms with Gasteiger partial charge in [-0.1, -0.05) is 0 Å². The number of benzene rings is 1. The first-order valence-corrected chi connectivity index (χ1v) is 6.13. The number of nitrogens with zero attached hydrogens (tertiary/aromatic N) is 4. The molecule has 0 aliphatic heterocycles. The van der Waals surface area contributed by atoms with E-state index in [0.717, 1.165) is 0 Å². The molecule has 0 saturated heterocycles. The number of carbonyl (C=O) groups is 1. The van der Waals surface area contributed by atoms with Crippen LogP contribution in [0.1, 0.15) is 5.82 Å². The topological polar surface area (TPSA) is 108 Å². The quantitative estimate of drug-likeness (QED) is 0.823. The lowest BCUT2D eigenvalue weighted by atomic mass is 10.2. The van der Waals surface area contributed by atoms with Gasteiger partial charge in [-0.25, -0.2) is 4.39 Å². The van der Waals surface area contributed by atoms with Crippen molar-refractivity contribution in [2.75, 3.05) is 19.0 Å². The van der Waals surface area contributed by atoms with E-state index in [1.807, 2.05) is 0 Å². The highest BCUT2D eigenvalue weighted by molar-refractivity contribution is 5.95. The first kappa shape index (κ1) is 18.0. The molecule has 0 aliphatic rings. The third kappa shape index (κ3) is 3.97. The molecule has 120 valence electrons. The zero-order chi connectivity index (χ0) is 15.4. The summed E-state index contributed by atoms with van der Waals surface area (Å²) in [7, 11) is 1.45. The van der Waals surface area contributed by atoms with Crippen LogP contribution >= 0.6 is 12.4 Å². The maximum absolute atomic E-state index is 13.9. The lowest BCUT2D eigenvalue weighted by Crippen LogP contribution is -2.39. The highest BCUT2D eigenvalue weighted by Gasteiger charge is 2.15. The Morgan fingerprint density at radius 2 is 2.27 bits per heavy atom. The van der Waals surface area contributed by atoms with E-state index in [1.54, 1.807) is 6.92 Å². The van der Waals surface area contributed by atoms with Crippen LogP contribution in [0, 0.1) is 12.7 Å². The highest BCUT2D eigenvalue weighted by Crippen LogP contribution is 2.18. The van der Waals surface area contributed by atoms with Crippen LogP contribution in [0.4, 0.5) is 10.1 Å². The number of halogens is 2. The molecule has 0 radical (unpaired) electrons. The standard InChI is InChI=1S/C12H15FN6O2.ClH/c1-7-16-17-18-19(7)11-5-8(3-4-9(11)13)15-12(20)10(14)6-21-2;/h3-5,10H,6,14H2,1-2H3,(H,15,20);1H. The van der Waals surface area contributed by atoms with Crippen molar-refractivity contribution < 1.29 is 13.9 Å². The van der Waals surface area contributed by atoms with Crippen molar-refractivity contribution in [1.82, 2.24) is 20.2 Å². The number of carbonyl (C=O) groups excluding carboxylic acids is 1. The summed E-state index contributed by atoms with van der Waals surface area (Å²) in [5.41, 5.74) is 6.14. The SMILES string of the molecule is COCC(N)C(=O)Nc1ccc(F)c(-n2nnnc2C)c1.Cl. The molecule has 1 unspecified atom stereocenters. The fourth-order valence-corrected chi connectivity index (χ4v) is 1.70. The van der Waals surface area contributed by atoms with E-state index in [2.05, 4.69) is 20.8 Å². The number of hydrogen-bond acceptors (Lipinski definition) is 6. The molecule has 10 heteroatoms. The zero-order valence-corrected chi connectivity index (χ0v) is 12.8. The molecular weight excluding hydrogens is 315 g/mol. The molecule has 2 rings (SSSR count). The van der Waals surface area contributed by atoms with Crippen LogP contribution in [-0.4, -0.2) is 45.9 Å². The van der Waals surface area contributed by atoms with Gasteiger partial charge in [-0.05, 0) is 35.5 Å². The van der Waals surface area contributed by atoms with Gasteiger partial charge in [0.05, 0.1) is 6.61 Å². The molecule has 22 heavy (non-hydrogen) atoms. The van der Waals surface area contributed by atoms with Crippen molar-refractivity contribution in [3.05, 3.63) is 29.8 Å². The molecule has 0 spiro atoms. The normalized spacial score (nSPS) is 11.6. The fourth-order valence-electron chi connectivity index (χ4n) is 1.70. The molecule has 0 saturated carbocycles. The lowest BCUT2D eigenvalue weighted by molar-refractivity contribution is -0.118. The summed E-state index contributed by atoms with van der Waals surface area (Å²) in [4.78, 5) is 11.8. The third-order valence-corrected chi connectivity index (χ3v) is 2.75. The molecule has 1 amide bonds. The molecule has 0 bridgehead atoms. The number of aryl methyl sites for hydroxylation is 1. The second-order valence-corrected chi connectivity index (χ2v) is 4.36. The molecule has 8 nitrogen and oxygen atoms in total. The minimum atomic E-state index is -0.807. The Balaban J connectivity index is 0.00000242. The Kier molecular flexibility index (Phi) is 6.35. The van der Waals surface area contributed by atoms with E-state index >= 15 is 0 Å². The van der Waals surface area contributed by atoms with Crippen molar-refractivity contribution in [3.8, 4) is 5.69 Å². The number of nitrogens with two attached hydrogens (primary N) is 1. The maximum atomic E-state index is 13.9. The molecule has 1 atom stereocenters. The largest absolute Gasteiger partial charge is 0.383 e. The Morgan fingerprint density at radius 3 is 2.86 bits per heavy atom. The number of aromatic nitrogens is 4. The van der Waals surface area contributed by atoms with Gasteiger partial charge in [0.1, 0.15) is 17.5 Å². The Bertz CT molecular complexity index is 650. The van der Waals surface area contributed by atoms with Crippen LogP contribution < -0.4 is 11.1 Å². The van der Waals surface area contributed by atoms with Crippen molar-refractivity contribution in [2.45, 2.75) is 13.0 Å². The van der Waals surface area contributed by atoms with Crippen LogP contribution in [0.5, 0.6) is 0 Å². The molecule has 1 heterocycles. The molecule has 3 N–H and O–H groups in total. The van der Waals surface area contributed by atoms with Gasteiger partial charge in [-0.3, -0.25) is 4.79 Å². The molecule has 0 fully saturated rings. The van der Waals surface area contributed by atoms with Gasteiger partial charge in [0.15, 0.2) is 5.82 Å². The predicted molar refractivity (Wildman–Crippen MR) is 79.6 cm³/mol. The van der Waals surface area contributed by atoms with Gasteiger partial charge in [0, 0.05) is 12.8 Å². The summed E-state index contributed by atoms with van der Waals surface area (Å²) in [5.74, 6) is -0.513. The average molecular weight is 331 g/mol. The second kappa shape index (κ2) is 7.78. The summed E-state index contributed by atoms with van der Waals surface area (Å²) in [6.07, 6.45) is 0. The van der Waals surface area contributed by atoms with Gasteiger partial charge < -0.3 is 15.8 Å². The first-order chi connectivity index (χ1) is 10.0. The van der Waals surface area contributed by atoms with Crippen LogP contribution in [0.15, 0.2) is 18.2 Å². The van der Waals surface area contributed by atoms with Gasteiger partial charge in [0.25, 0.3) is 0 Å². The highest BCUT2D eigenvalue weighted by atomic mass is 35.5. The summed E-state index contributed by atoms with van der Waals surface area (Å²) in [5, 5.41) is 13.4. The van der Waals surface area contributed by atoms with Gasteiger partial charge in [-0.2, -0.15) is 4.68 Å². The number of amides is 1. The number of nitrogens with one attached hydrogen (secondary N) is 1. The van der Waals surface area contributed by atoms with Gasteiger partial charge >= 0.3 is 0 Å². The number of ether oxygens (including phenoxy) is 1. The number of anilines is 1. The van der Waals surface area contributed by atoms with E-state index in [4.69, 9.17) is 10.5 Å². The van der Waals surface area contributed by atoms with E-state index in [1.165, 1.54) is 30.0 Å². The number of methoxy groups -OCH3 is 1. The molecular formula is C12H16ClFN6O2. The first-order valence-electron chi connectivity index (χ1n) is 6.13. The Labute approximate surface area is 132 Å². The Hall–Kier alpha value is -2.10.